The number of halogens is 1. The van der Waals surface area contributed by atoms with Crippen molar-refractivity contribution in [1.29, 1.82) is 0 Å². The van der Waals surface area contributed by atoms with E-state index in [1.165, 1.54) is 15.8 Å². The first kappa shape index (κ1) is 9.99. The molecule has 1 heterocycles. The third-order valence-corrected chi connectivity index (χ3v) is 3.90. The number of hydrogen-bond acceptors (Lipinski definition) is 2. The fourth-order valence-corrected chi connectivity index (χ4v) is 2.91. The molecule has 1 aromatic heterocycles. The summed E-state index contributed by atoms with van der Waals surface area (Å²) in [5.74, 6) is 0.419. The fraction of sp³-hybridized carbons (Fsp3) is 0.273. The topological polar surface area (TPSA) is 20.2 Å². The molecule has 0 aliphatic heterocycles. The highest BCUT2D eigenvalue weighted by molar-refractivity contribution is 9.08. The Kier molecular flexibility index (Phi) is 2.79. The van der Waals surface area contributed by atoms with Crippen molar-refractivity contribution in [3.8, 4) is 5.75 Å². The molecule has 2 rings (SSSR count). The van der Waals surface area contributed by atoms with Crippen LogP contribution < -0.4 is 0 Å². The van der Waals surface area contributed by atoms with Crippen molar-refractivity contribution < 1.29 is 5.11 Å². The first-order valence-electron chi connectivity index (χ1n) is 4.54. The predicted octanol–water partition coefficient (Wildman–Crippen LogP) is 4.06. The van der Waals surface area contributed by atoms with E-state index in [9.17, 15) is 5.11 Å². The van der Waals surface area contributed by atoms with E-state index in [-0.39, 0.29) is 0 Å². The Morgan fingerprint density at radius 2 is 2.21 bits per heavy atom. The molecule has 0 unspecified atom stereocenters. The molecule has 74 valence electrons. The van der Waals surface area contributed by atoms with Gasteiger partial charge in [-0.15, -0.1) is 11.3 Å². The van der Waals surface area contributed by atoms with E-state index in [1.54, 1.807) is 11.3 Å². The summed E-state index contributed by atoms with van der Waals surface area (Å²) in [5, 5.41) is 13.4. The van der Waals surface area contributed by atoms with Crippen LogP contribution in [0.4, 0.5) is 0 Å². The van der Waals surface area contributed by atoms with E-state index in [0.29, 0.717) is 5.75 Å². The summed E-state index contributed by atoms with van der Waals surface area (Å²) in [4.78, 5) is 0. The average Bonchev–Trinajstić information content (AvgIpc) is 2.59. The molecule has 0 atom stereocenters. The minimum atomic E-state index is 0.419. The van der Waals surface area contributed by atoms with Gasteiger partial charge in [0.15, 0.2) is 0 Å². The highest BCUT2D eigenvalue weighted by Gasteiger charge is 2.08. The van der Waals surface area contributed by atoms with Crippen LogP contribution >= 0.6 is 27.3 Å². The lowest BCUT2D eigenvalue weighted by Gasteiger charge is -2.03. The number of thiophene rings is 1. The largest absolute Gasteiger partial charge is 0.506 e. The van der Waals surface area contributed by atoms with Crippen LogP contribution in [0.1, 0.15) is 18.1 Å². The fourth-order valence-electron chi connectivity index (χ4n) is 1.65. The lowest BCUT2D eigenvalue weighted by atomic mass is 10.0. The maximum absolute atomic E-state index is 9.69. The summed E-state index contributed by atoms with van der Waals surface area (Å²) >= 11 is 5.06. The molecule has 0 bridgehead atoms. The molecule has 0 aliphatic carbocycles. The number of alkyl halides is 1. The zero-order valence-electron chi connectivity index (χ0n) is 7.88. The molecular weight excluding hydrogens is 260 g/mol. The van der Waals surface area contributed by atoms with Crippen molar-refractivity contribution in [3.63, 3.8) is 0 Å². The first-order chi connectivity index (χ1) is 6.76. The van der Waals surface area contributed by atoms with Crippen LogP contribution in [-0.4, -0.2) is 5.11 Å². The number of fused-ring (bicyclic) bond motifs is 1. The van der Waals surface area contributed by atoms with Gasteiger partial charge in [-0.1, -0.05) is 28.9 Å². The van der Waals surface area contributed by atoms with Gasteiger partial charge in [-0.05, 0) is 23.6 Å². The first-order valence-corrected chi connectivity index (χ1v) is 6.54. The maximum atomic E-state index is 9.69. The Labute approximate surface area is 95.5 Å². The van der Waals surface area contributed by atoms with Crippen molar-refractivity contribution in [2.24, 2.45) is 0 Å². The zero-order chi connectivity index (χ0) is 10.1. The molecular formula is C11H11BrOS. The van der Waals surface area contributed by atoms with Crippen molar-refractivity contribution in [1.82, 2.24) is 0 Å². The smallest absolute Gasteiger partial charge is 0.134 e. The molecule has 1 N–H and O–H groups in total. The third-order valence-electron chi connectivity index (χ3n) is 2.33. The highest BCUT2D eigenvalue weighted by Crippen LogP contribution is 2.35. The SMILES string of the molecule is CCc1cc(CBr)cc2scc(O)c12. The number of aromatic hydroxyl groups is 1. The van der Waals surface area contributed by atoms with Gasteiger partial charge in [-0.25, -0.2) is 0 Å². The van der Waals surface area contributed by atoms with Crippen molar-refractivity contribution >= 4 is 37.4 Å². The summed E-state index contributed by atoms with van der Waals surface area (Å²) in [6.45, 7) is 2.11. The van der Waals surface area contributed by atoms with Gasteiger partial charge in [0.2, 0.25) is 0 Å². The van der Waals surface area contributed by atoms with Gasteiger partial charge in [0.1, 0.15) is 5.75 Å². The Hall–Kier alpha value is -0.540. The molecule has 0 radical (unpaired) electrons. The summed E-state index contributed by atoms with van der Waals surface area (Å²) < 4.78 is 1.18. The molecule has 2 aromatic rings. The van der Waals surface area contributed by atoms with E-state index in [0.717, 1.165) is 17.1 Å². The number of aryl methyl sites for hydroxylation is 1. The van der Waals surface area contributed by atoms with Gasteiger partial charge in [-0.2, -0.15) is 0 Å². The van der Waals surface area contributed by atoms with E-state index in [1.807, 2.05) is 5.38 Å². The van der Waals surface area contributed by atoms with Gasteiger partial charge < -0.3 is 5.11 Å². The molecule has 1 aromatic carbocycles. The molecule has 14 heavy (non-hydrogen) atoms. The van der Waals surface area contributed by atoms with E-state index in [4.69, 9.17) is 0 Å². The highest BCUT2D eigenvalue weighted by atomic mass is 79.9. The molecule has 0 spiro atoms. The van der Waals surface area contributed by atoms with E-state index >= 15 is 0 Å². The number of hydrogen-bond donors (Lipinski definition) is 1. The second-order valence-corrected chi connectivity index (χ2v) is 4.71. The second-order valence-electron chi connectivity index (χ2n) is 3.24. The van der Waals surface area contributed by atoms with Crippen LogP contribution in [0.2, 0.25) is 0 Å². The van der Waals surface area contributed by atoms with Gasteiger partial charge in [0.25, 0.3) is 0 Å². The molecule has 1 nitrogen and oxygen atoms in total. The molecule has 0 saturated heterocycles. The lowest BCUT2D eigenvalue weighted by molar-refractivity contribution is 0.483. The Bertz CT molecular complexity index is 462. The second kappa shape index (κ2) is 3.91. The average molecular weight is 271 g/mol. The number of rotatable bonds is 2. The minimum Gasteiger partial charge on any atom is -0.506 e. The number of benzene rings is 1. The molecule has 0 fully saturated rings. The van der Waals surface area contributed by atoms with Crippen LogP contribution in [0.3, 0.4) is 0 Å². The minimum absolute atomic E-state index is 0.419. The van der Waals surface area contributed by atoms with Crippen LogP contribution in [0.5, 0.6) is 5.75 Å². The Morgan fingerprint density at radius 3 is 2.86 bits per heavy atom. The molecule has 3 heteroatoms. The van der Waals surface area contributed by atoms with Crippen LogP contribution in [0.15, 0.2) is 17.5 Å². The van der Waals surface area contributed by atoms with E-state index in [2.05, 4.69) is 35.0 Å². The van der Waals surface area contributed by atoms with Crippen LogP contribution in [0, 0.1) is 0 Å². The Morgan fingerprint density at radius 1 is 1.43 bits per heavy atom. The quantitative estimate of drug-likeness (QED) is 0.816. The van der Waals surface area contributed by atoms with Crippen LogP contribution in [0.25, 0.3) is 10.1 Å². The Balaban J connectivity index is 2.76. The van der Waals surface area contributed by atoms with Gasteiger partial charge >= 0.3 is 0 Å². The van der Waals surface area contributed by atoms with Crippen LogP contribution in [-0.2, 0) is 11.8 Å². The van der Waals surface area contributed by atoms with Crippen molar-refractivity contribution in [2.45, 2.75) is 18.7 Å². The third kappa shape index (κ3) is 1.55. The molecule has 0 saturated carbocycles. The monoisotopic (exact) mass is 270 g/mol. The maximum Gasteiger partial charge on any atom is 0.134 e. The summed E-state index contributed by atoms with van der Waals surface area (Å²) in [6, 6.07) is 4.29. The standard InChI is InChI=1S/C11H11BrOS/c1-2-8-3-7(5-12)4-10-11(8)9(13)6-14-10/h3-4,6,13H,2,5H2,1H3. The normalized spacial score (nSPS) is 11.0. The van der Waals surface area contributed by atoms with Gasteiger partial charge in [0.05, 0.1) is 0 Å². The summed E-state index contributed by atoms with van der Waals surface area (Å²) in [5.41, 5.74) is 2.51. The summed E-state index contributed by atoms with van der Waals surface area (Å²) in [7, 11) is 0. The van der Waals surface area contributed by atoms with Crippen molar-refractivity contribution in [3.05, 3.63) is 28.6 Å². The van der Waals surface area contributed by atoms with Gasteiger partial charge in [-0.3, -0.25) is 0 Å². The van der Waals surface area contributed by atoms with Crippen molar-refractivity contribution in [2.75, 3.05) is 0 Å². The molecule has 0 amide bonds. The summed E-state index contributed by atoms with van der Waals surface area (Å²) in [6.07, 6.45) is 0.960. The lowest BCUT2D eigenvalue weighted by Crippen LogP contribution is -1.85. The van der Waals surface area contributed by atoms with E-state index < -0.39 is 0 Å². The predicted molar refractivity (Wildman–Crippen MR) is 65.5 cm³/mol. The zero-order valence-corrected chi connectivity index (χ0v) is 10.3. The van der Waals surface area contributed by atoms with Gasteiger partial charge in [0, 0.05) is 20.8 Å². The molecule has 0 aliphatic rings.